The van der Waals surface area contributed by atoms with Crippen molar-refractivity contribution in [2.24, 2.45) is 5.92 Å². The van der Waals surface area contributed by atoms with E-state index >= 15 is 0 Å². The van der Waals surface area contributed by atoms with E-state index in [1.54, 1.807) is 0 Å². The predicted molar refractivity (Wildman–Crippen MR) is 73.6 cm³/mol. The van der Waals surface area contributed by atoms with Crippen molar-refractivity contribution in [3.63, 3.8) is 0 Å². The smallest absolute Gasteiger partial charge is 0.224 e. The van der Waals surface area contributed by atoms with Crippen LogP contribution in [-0.2, 0) is 11.3 Å². The van der Waals surface area contributed by atoms with E-state index in [4.69, 9.17) is 11.6 Å². The molecule has 1 aromatic carbocycles. The molecule has 1 atom stereocenters. The summed E-state index contributed by atoms with van der Waals surface area (Å²) in [4.78, 5) is 11.6. The largest absolute Gasteiger partial charge is 0.352 e. The number of hydrogen-bond donors (Lipinski definition) is 2. The number of halogens is 2. The van der Waals surface area contributed by atoms with Gasteiger partial charge in [-0.2, -0.15) is 0 Å². The summed E-state index contributed by atoms with van der Waals surface area (Å²) in [6.45, 7) is 3.13. The van der Waals surface area contributed by atoms with Crippen LogP contribution in [0.3, 0.4) is 0 Å². The third-order valence-corrected chi connectivity index (χ3v) is 2.59. The lowest BCUT2D eigenvalue weighted by molar-refractivity contribution is -0.124. The first-order valence-electron chi connectivity index (χ1n) is 5.30. The van der Waals surface area contributed by atoms with Gasteiger partial charge in [-0.25, -0.2) is 0 Å². The van der Waals surface area contributed by atoms with E-state index < -0.39 is 0 Å². The zero-order valence-electron chi connectivity index (χ0n) is 10.00. The molecule has 0 aliphatic heterocycles. The lowest BCUT2D eigenvalue weighted by Crippen LogP contribution is -2.33. The van der Waals surface area contributed by atoms with Crippen LogP contribution in [0.2, 0.25) is 5.02 Å². The Kier molecular flexibility index (Phi) is 7.96. The normalized spacial score (nSPS) is 11.5. The maximum atomic E-state index is 11.6. The van der Waals surface area contributed by atoms with Crippen molar-refractivity contribution in [1.82, 2.24) is 10.6 Å². The summed E-state index contributed by atoms with van der Waals surface area (Å²) in [6, 6.07) is 7.46. The minimum Gasteiger partial charge on any atom is -0.352 e. The van der Waals surface area contributed by atoms with Gasteiger partial charge in [-0.05, 0) is 24.7 Å². The zero-order chi connectivity index (χ0) is 12.0. The van der Waals surface area contributed by atoms with Crippen molar-refractivity contribution in [3.8, 4) is 0 Å². The topological polar surface area (TPSA) is 41.1 Å². The van der Waals surface area contributed by atoms with E-state index in [-0.39, 0.29) is 24.2 Å². The molecule has 0 aromatic heterocycles. The molecule has 0 radical (unpaired) electrons. The number of amides is 1. The van der Waals surface area contributed by atoms with Crippen molar-refractivity contribution in [3.05, 3.63) is 34.9 Å². The van der Waals surface area contributed by atoms with Crippen LogP contribution < -0.4 is 10.6 Å². The summed E-state index contributed by atoms with van der Waals surface area (Å²) < 4.78 is 0. The molecule has 1 amide bonds. The quantitative estimate of drug-likeness (QED) is 0.866. The second-order valence-corrected chi connectivity index (χ2v) is 4.24. The first-order valence-corrected chi connectivity index (χ1v) is 5.68. The van der Waals surface area contributed by atoms with Crippen LogP contribution in [0.25, 0.3) is 0 Å². The van der Waals surface area contributed by atoms with Gasteiger partial charge in [-0.15, -0.1) is 12.4 Å². The maximum absolute atomic E-state index is 11.6. The Labute approximate surface area is 113 Å². The monoisotopic (exact) mass is 276 g/mol. The Bertz CT molecular complexity index is 341. The molecule has 5 heteroatoms. The van der Waals surface area contributed by atoms with Gasteiger partial charge < -0.3 is 10.6 Å². The second kappa shape index (κ2) is 8.34. The molecule has 1 unspecified atom stereocenters. The number of carbonyl (C=O) groups excluding carboxylic acids is 1. The predicted octanol–water partition coefficient (Wildman–Crippen LogP) is 2.23. The molecule has 2 N–H and O–H groups in total. The Morgan fingerprint density at radius 2 is 1.94 bits per heavy atom. The summed E-state index contributed by atoms with van der Waals surface area (Å²) >= 11 is 5.77. The van der Waals surface area contributed by atoms with Crippen LogP contribution >= 0.6 is 24.0 Å². The molecule has 0 aliphatic rings. The highest BCUT2D eigenvalue weighted by molar-refractivity contribution is 6.30. The van der Waals surface area contributed by atoms with E-state index in [0.717, 1.165) is 5.56 Å². The van der Waals surface area contributed by atoms with Crippen molar-refractivity contribution in [2.45, 2.75) is 13.5 Å². The summed E-state index contributed by atoms with van der Waals surface area (Å²) in [7, 11) is 1.84. The van der Waals surface area contributed by atoms with Gasteiger partial charge in [-0.3, -0.25) is 4.79 Å². The van der Waals surface area contributed by atoms with Crippen LogP contribution in [0.5, 0.6) is 0 Å². The van der Waals surface area contributed by atoms with Gasteiger partial charge in [0.1, 0.15) is 0 Å². The fraction of sp³-hybridized carbons (Fsp3) is 0.417. The van der Waals surface area contributed by atoms with Crippen molar-refractivity contribution in [2.75, 3.05) is 13.6 Å². The van der Waals surface area contributed by atoms with Gasteiger partial charge in [0.2, 0.25) is 5.91 Å². The number of nitrogens with one attached hydrogen (secondary N) is 2. The zero-order valence-corrected chi connectivity index (χ0v) is 11.6. The Morgan fingerprint density at radius 3 is 2.47 bits per heavy atom. The van der Waals surface area contributed by atoms with Crippen molar-refractivity contribution in [1.29, 1.82) is 0 Å². The third kappa shape index (κ3) is 5.91. The Balaban J connectivity index is 0.00000256. The molecule has 1 aromatic rings. The Hall–Kier alpha value is -0.770. The molecule has 0 spiro atoms. The summed E-state index contributed by atoms with van der Waals surface area (Å²) in [5, 5.41) is 6.56. The minimum atomic E-state index is -0.0164. The molecule has 17 heavy (non-hydrogen) atoms. The average Bonchev–Trinajstić information content (AvgIpc) is 2.28. The van der Waals surface area contributed by atoms with Gasteiger partial charge in [-0.1, -0.05) is 30.7 Å². The number of carbonyl (C=O) groups is 1. The first-order chi connectivity index (χ1) is 7.63. The average molecular weight is 277 g/mol. The highest BCUT2D eigenvalue weighted by Gasteiger charge is 2.10. The summed E-state index contributed by atoms with van der Waals surface area (Å²) in [6.07, 6.45) is 0. The summed E-state index contributed by atoms with van der Waals surface area (Å²) in [5.74, 6) is 0.0431. The molecule has 0 fully saturated rings. The fourth-order valence-electron chi connectivity index (χ4n) is 1.36. The fourth-order valence-corrected chi connectivity index (χ4v) is 1.49. The van der Waals surface area contributed by atoms with Crippen LogP contribution in [0, 0.1) is 5.92 Å². The van der Waals surface area contributed by atoms with Crippen LogP contribution in [0.4, 0.5) is 0 Å². The van der Waals surface area contributed by atoms with E-state index in [2.05, 4.69) is 10.6 Å². The third-order valence-electron chi connectivity index (χ3n) is 2.34. The van der Waals surface area contributed by atoms with E-state index in [1.165, 1.54) is 0 Å². The molecular formula is C12H18Cl2N2O. The van der Waals surface area contributed by atoms with Gasteiger partial charge >= 0.3 is 0 Å². The van der Waals surface area contributed by atoms with Crippen LogP contribution in [-0.4, -0.2) is 19.5 Å². The SMILES string of the molecule is CNCC(C)C(=O)NCc1ccc(Cl)cc1.Cl. The molecule has 96 valence electrons. The van der Waals surface area contributed by atoms with Gasteiger partial charge in [0.15, 0.2) is 0 Å². The highest BCUT2D eigenvalue weighted by atomic mass is 35.5. The molecule has 0 aliphatic carbocycles. The van der Waals surface area contributed by atoms with E-state index in [0.29, 0.717) is 18.1 Å². The first kappa shape index (κ1) is 16.2. The standard InChI is InChI=1S/C12H17ClN2O.ClH/c1-9(7-14-2)12(16)15-8-10-3-5-11(13)6-4-10;/h3-6,9,14H,7-8H2,1-2H3,(H,15,16);1H. The second-order valence-electron chi connectivity index (χ2n) is 3.80. The minimum absolute atomic E-state index is 0. The molecular weight excluding hydrogens is 259 g/mol. The van der Waals surface area contributed by atoms with Crippen LogP contribution in [0.15, 0.2) is 24.3 Å². The Morgan fingerprint density at radius 1 is 1.35 bits per heavy atom. The number of benzene rings is 1. The van der Waals surface area contributed by atoms with Gasteiger partial charge in [0, 0.05) is 24.0 Å². The van der Waals surface area contributed by atoms with Crippen molar-refractivity contribution >= 4 is 29.9 Å². The summed E-state index contributed by atoms with van der Waals surface area (Å²) in [5.41, 5.74) is 1.05. The highest BCUT2D eigenvalue weighted by Crippen LogP contribution is 2.09. The van der Waals surface area contributed by atoms with Crippen LogP contribution in [0.1, 0.15) is 12.5 Å². The molecule has 3 nitrogen and oxygen atoms in total. The molecule has 0 saturated heterocycles. The number of hydrogen-bond acceptors (Lipinski definition) is 2. The van der Waals surface area contributed by atoms with E-state index in [1.807, 2.05) is 38.2 Å². The molecule has 0 saturated carbocycles. The molecule has 0 heterocycles. The van der Waals surface area contributed by atoms with Crippen molar-refractivity contribution < 1.29 is 4.79 Å². The van der Waals surface area contributed by atoms with Gasteiger partial charge in [0.05, 0.1) is 0 Å². The molecule has 1 rings (SSSR count). The maximum Gasteiger partial charge on any atom is 0.224 e. The lowest BCUT2D eigenvalue weighted by atomic mass is 10.1. The van der Waals surface area contributed by atoms with E-state index in [9.17, 15) is 4.79 Å². The number of rotatable bonds is 5. The lowest BCUT2D eigenvalue weighted by Gasteiger charge is -2.11. The molecule has 0 bridgehead atoms. The van der Waals surface area contributed by atoms with Gasteiger partial charge in [0.25, 0.3) is 0 Å².